The van der Waals surface area contributed by atoms with Crippen LogP contribution in [0.15, 0.2) is 48.6 Å². The third-order valence-corrected chi connectivity index (χ3v) is 12.5. The molecule has 0 unspecified atom stereocenters. The molecule has 5 aliphatic rings. The lowest BCUT2D eigenvalue weighted by Gasteiger charge is -2.45. The van der Waals surface area contributed by atoms with Crippen molar-refractivity contribution in [1.29, 1.82) is 0 Å². The number of halogens is 1. The van der Waals surface area contributed by atoms with Gasteiger partial charge >= 0.3 is 0 Å². The van der Waals surface area contributed by atoms with Gasteiger partial charge in [0.2, 0.25) is 0 Å². The summed E-state index contributed by atoms with van der Waals surface area (Å²) in [4.78, 5) is 16.0. The van der Waals surface area contributed by atoms with Crippen molar-refractivity contribution < 1.29 is 14.6 Å². The first-order valence-corrected chi connectivity index (χ1v) is 16.7. The van der Waals surface area contributed by atoms with Gasteiger partial charge in [0, 0.05) is 34.3 Å². The number of aliphatic hydroxyl groups is 1. The Hall–Kier alpha value is -2.15. The zero-order chi connectivity index (χ0) is 28.2. The molecule has 5 nitrogen and oxygen atoms in total. The SMILES string of the molecule is C[C@]12C/C=C\[C@H](O)[C@@H]3CC[C@H]3CN3C[C@@]4(CCCc5cc(Cl)ccc54)COc4ccc(cc43)C(=O)NS[C@H]1CCC2. The largest absolute Gasteiger partial charge is 0.490 e. The Balaban J connectivity index is 1.27. The number of rotatable bonds is 0. The van der Waals surface area contributed by atoms with Gasteiger partial charge in [-0.05, 0) is 122 Å². The molecule has 7 rings (SSSR count). The fourth-order valence-corrected chi connectivity index (χ4v) is 9.59. The number of amides is 1. The lowest BCUT2D eigenvalue weighted by molar-refractivity contribution is 0.0455. The maximum Gasteiger partial charge on any atom is 0.261 e. The third-order valence-electron chi connectivity index (χ3n) is 10.9. The second-order valence-corrected chi connectivity index (χ2v) is 14.9. The van der Waals surface area contributed by atoms with Gasteiger partial charge in [0.05, 0.1) is 18.4 Å². The van der Waals surface area contributed by atoms with E-state index in [0.29, 0.717) is 23.3 Å². The van der Waals surface area contributed by atoms with Crippen molar-refractivity contribution in [3.05, 3.63) is 70.3 Å². The summed E-state index contributed by atoms with van der Waals surface area (Å²) < 4.78 is 9.83. The molecule has 2 bridgehead atoms. The molecule has 6 atom stereocenters. The Bertz CT molecular complexity index is 1370. The van der Waals surface area contributed by atoms with E-state index in [4.69, 9.17) is 16.3 Å². The Morgan fingerprint density at radius 1 is 1.12 bits per heavy atom. The number of nitrogens with zero attached hydrogens (tertiary/aromatic N) is 1. The fourth-order valence-electron chi connectivity index (χ4n) is 8.25. The molecule has 3 aliphatic carbocycles. The van der Waals surface area contributed by atoms with Gasteiger partial charge in [-0.2, -0.15) is 0 Å². The summed E-state index contributed by atoms with van der Waals surface area (Å²) in [7, 11) is 0. The molecule has 2 heterocycles. The predicted octanol–water partition coefficient (Wildman–Crippen LogP) is 7.10. The summed E-state index contributed by atoms with van der Waals surface area (Å²) in [5.74, 6) is 1.45. The van der Waals surface area contributed by atoms with Crippen LogP contribution in [0.3, 0.4) is 0 Å². The van der Waals surface area contributed by atoms with Crippen molar-refractivity contribution in [2.75, 3.05) is 24.6 Å². The smallest absolute Gasteiger partial charge is 0.261 e. The van der Waals surface area contributed by atoms with Gasteiger partial charge in [-0.15, -0.1) is 0 Å². The molecule has 1 spiro atoms. The molecule has 2 fully saturated rings. The highest BCUT2D eigenvalue weighted by Crippen LogP contribution is 2.49. The molecule has 0 radical (unpaired) electrons. The standard InChI is InChI=1S/C34H41ClN2O3S/c1-33-14-3-6-29(38)26-11-8-24(26)19-37-20-34(16-2-5-22-17-25(35)10-12-27(22)34)21-40-30-13-9-23(18-28(30)37)32(39)36-41-31(33)7-4-15-33/h3,6,9-10,12-13,17-18,24,26,29,31,38H,2,4-5,7-8,11,14-16,19-21H2,1H3,(H,36,39)/b6-3-/t24-,26+,29-,31-,33+,34-/m0/s1. The van der Waals surface area contributed by atoms with E-state index in [1.807, 2.05) is 24.3 Å². The molecule has 2 aromatic rings. The molecular weight excluding hydrogens is 552 g/mol. The van der Waals surface area contributed by atoms with Crippen LogP contribution >= 0.6 is 23.5 Å². The molecule has 2 saturated carbocycles. The highest BCUT2D eigenvalue weighted by molar-refractivity contribution is 7.98. The Labute approximate surface area is 253 Å². The maximum absolute atomic E-state index is 13.5. The number of hydrogen-bond donors (Lipinski definition) is 2. The van der Waals surface area contributed by atoms with Crippen LogP contribution in [0.2, 0.25) is 5.02 Å². The number of carbonyl (C=O) groups is 1. The second-order valence-electron chi connectivity index (χ2n) is 13.5. The van der Waals surface area contributed by atoms with Crippen LogP contribution in [0.25, 0.3) is 0 Å². The molecule has 2 N–H and O–H groups in total. The minimum Gasteiger partial charge on any atom is -0.490 e. The van der Waals surface area contributed by atoms with Crippen LogP contribution in [-0.4, -0.2) is 42.1 Å². The minimum atomic E-state index is -0.419. The van der Waals surface area contributed by atoms with Crippen LogP contribution < -0.4 is 14.4 Å². The van der Waals surface area contributed by atoms with Gasteiger partial charge in [0.25, 0.3) is 5.91 Å². The number of hydrogen-bond acceptors (Lipinski definition) is 5. The van der Waals surface area contributed by atoms with Gasteiger partial charge in [-0.25, -0.2) is 0 Å². The zero-order valence-electron chi connectivity index (χ0n) is 23.9. The molecule has 2 aromatic carbocycles. The summed E-state index contributed by atoms with van der Waals surface area (Å²) >= 11 is 8.01. The monoisotopic (exact) mass is 592 g/mol. The number of ether oxygens (including phenoxy) is 1. The number of anilines is 1. The summed E-state index contributed by atoms with van der Waals surface area (Å²) in [6, 6.07) is 12.3. The first-order valence-electron chi connectivity index (χ1n) is 15.5. The first kappa shape index (κ1) is 27.7. The number of nitrogens with one attached hydrogen (secondary N) is 1. The zero-order valence-corrected chi connectivity index (χ0v) is 25.5. The Kier molecular flexibility index (Phi) is 7.32. The van der Waals surface area contributed by atoms with Gasteiger partial charge in [-0.1, -0.05) is 43.2 Å². The normalized spacial score (nSPS) is 35.7. The third kappa shape index (κ3) is 5.08. The van der Waals surface area contributed by atoms with E-state index in [9.17, 15) is 9.90 Å². The molecule has 41 heavy (non-hydrogen) atoms. The quantitative estimate of drug-likeness (QED) is 0.252. The van der Waals surface area contributed by atoms with E-state index in [1.165, 1.54) is 17.5 Å². The molecule has 218 valence electrons. The van der Waals surface area contributed by atoms with Gasteiger partial charge < -0.3 is 14.7 Å². The summed E-state index contributed by atoms with van der Waals surface area (Å²) in [5, 5.41) is 12.4. The maximum atomic E-state index is 13.5. The van der Waals surface area contributed by atoms with Crippen LogP contribution in [0.5, 0.6) is 5.75 Å². The second kappa shape index (κ2) is 10.8. The molecule has 2 aliphatic heterocycles. The van der Waals surface area contributed by atoms with Crippen molar-refractivity contribution in [3.8, 4) is 5.75 Å². The summed E-state index contributed by atoms with van der Waals surface area (Å²) in [6.07, 6.45) is 13.6. The van der Waals surface area contributed by atoms with E-state index in [0.717, 1.165) is 80.9 Å². The van der Waals surface area contributed by atoms with Crippen molar-refractivity contribution in [2.24, 2.45) is 17.3 Å². The highest BCUT2D eigenvalue weighted by Gasteiger charge is 2.44. The fraction of sp³-hybridized carbons (Fsp3) is 0.559. The summed E-state index contributed by atoms with van der Waals surface area (Å²) in [5.41, 5.74) is 4.31. The number of allylic oxidation sites excluding steroid dienone is 1. The van der Waals surface area contributed by atoms with Crippen molar-refractivity contribution >= 4 is 35.1 Å². The van der Waals surface area contributed by atoms with Crippen LogP contribution in [0, 0.1) is 17.3 Å². The van der Waals surface area contributed by atoms with Gasteiger partial charge in [0.15, 0.2) is 0 Å². The van der Waals surface area contributed by atoms with E-state index in [1.54, 1.807) is 11.9 Å². The Morgan fingerprint density at radius 3 is 2.88 bits per heavy atom. The lowest BCUT2D eigenvalue weighted by atomic mass is 9.68. The van der Waals surface area contributed by atoms with Crippen molar-refractivity contribution in [1.82, 2.24) is 4.72 Å². The predicted molar refractivity (Wildman–Crippen MR) is 167 cm³/mol. The lowest BCUT2D eigenvalue weighted by Crippen LogP contribution is -2.49. The van der Waals surface area contributed by atoms with E-state index in [2.05, 4.69) is 40.8 Å². The first-order chi connectivity index (χ1) is 19.8. The number of aliphatic hydroxyl groups excluding tert-OH is 1. The van der Waals surface area contributed by atoms with Crippen LogP contribution in [0.1, 0.15) is 79.8 Å². The average Bonchev–Trinajstić information content (AvgIpc) is 3.23. The van der Waals surface area contributed by atoms with Gasteiger partial charge in [0.1, 0.15) is 5.75 Å². The molecule has 1 amide bonds. The molecular formula is C34H41ClN2O3S. The van der Waals surface area contributed by atoms with Crippen LogP contribution in [0.4, 0.5) is 5.69 Å². The van der Waals surface area contributed by atoms with E-state index >= 15 is 0 Å². The van der Waals surface area contributed by atoms with E-state index < -0.39 is 6.10 Å². The number of fused-ring (bicyclic) bond motifs is 5. The average molecular weight is 593 g/mol. The minimum absolute atomic E-state index is 0.0387. The topological polar surface area (TPSA) is 61.8 Å². The van der Waals surface area contributed by atoms with Crippen molar-refractivity contribution in [2.45, 2.75) is 81.5 Å². The highest BCUT2D eigenvalue weighted by atomic mass is 35.5. The van der Waals surface area contributed by atoms with Gasteiger partial charge in [-0.3, -0.25) is 9.52 Å². The van der Waals surface area contributed by atoms with Crippen molar-refractivity contribution in [3.63, 3.8) is 0 Å². The molecule has 0 saturated heterocycles. The number of benzene rings is 2. The Morgan fingerprint density at radius 2 is 2.02 bits per heavy atom. The molecule has 7 heteroatoms. The number of carbonyl (C=O) groups excluding carboxylic acids is 1. The summed E-state index contributed by atoms with van der Waals surface area (Å²) in [6.45, 7) is 4.60. The number of aryl methyl sites for hydroxylation is 1. The van der Waals surface area contributed by atoms with Crippen LogP contribution in [-0.2, 0) is 11.8 Å². The molecule has 0 aromatic heterocycles. The van der Waals surface area contributed by atoms with E-state index in [-0.39, 0.29) is 22.7 Å².